The third-order valence-electron chi connectivity index (χ3n) is 1.01. The maximum absolute atomic E-state index is 11.8. The molecule has 0 fully saturated rings. The van der Waals surface area contributed by atoms with E-state index in [2.05, 4.69) is 17.5 Å². The first-order valence-electron chi connectivity index (χ1n) is 2.93. The van der Waals surface area contributed by atoms with Crippen molar-refractivity contribution in [3.63, 3.8) is 0 Å². The first-order chi connectivity index (χ1) is 5.22. The Hall–Kier alpha value is -1.00. The SMILES string of the molecule is FCc1[c]nn(CC(F)F)[c]1. The van der Waals surface area contributed by atoms with Crippen molar-refractivity contribution in [2.75, 3.05) is 0 Å². The lowest BCUT2D eigenvalue weighted by Gasteiger charge is -1.96. The van der Waals surface area contributed by atoms with Gasteiger partial charge in [0.05, 0.1) is 6.20 Å². The number of aromatic nitrogens is 2. The van der Waals surface area contributed by atoms with Gasteiger partial charge in [-0.15, -0.1) is 0 Å². The van der Waals surface area contributed by atoms with Crippen LogP contribution in [0.1, 0.15) is 5.56 Å². The van der Waals surface area contributed by atoms with E-state index < -0.39 is 19.6 Å². The van der Waals surface area contributed by atoms with Gasteiger partial charge in [0.1, 0.15) is 19.4 Å². The highest BCUT2D eigenvalue weighted by atomic mass is 19.3. The number of halogens is 3. The summed E-state index contributed by atoms with van der Waals surface area (Å²) in [6.45, 7) is -1.33. The second kappa shape index (κ2) is 3.41. The highest BCUT2D eigenvalue weighted by molar-refractivity contribution is 4.97. The van der Waals surface area contributed by atoms with E-state index in [4.69, 9.17) is 0 Å². The minimum Gasteiger partial charge on any atom is -0.256 e. The molecule has 0 spiro atoms. The van der Waals surface area contributed by atoms with Crippen LogP contribution in [-0.4, -0.2) is 16.2 Å². The number of hydrogen-bond acceptors (Lipinski definition) is 1. The molecule has 11 heavy (non-hydrogen) atoms. The van der Waals surface area contributed by atoms with Crippen molar-refractivity contribution in [1.29, 1.82) is 0 Å². The van der Waals surface area contributed by atoms with Crippen LogP contribution in [0.5, 0.6) is 0 Å². The summed E-state index contributed by atoms with van der Waals surface area (Å²) in [6, 6.07) is 0. The van der Waals surface area contributed by atoms with Crippen LogP contribution in [0.4, 0.5) is 13.2 Å². The molecule has 0 aromatic carbocycles. The summed E-state index contributed by atoms with van der Waals surface area (Å²) in [6.07, 6.45) is 2.01. The molecule has 0 aliphatic rings. The van der Waals surface area contributed by atoms with E-state index in [1.807, 2.05) is 0 Å². The fourth-order valence-corrected chi connectivity index (χ4v) is 0.603. The van der Waals surface area contributed by atoms with Gasteiger partial charge in [0.25, 0.3) is 6.43 Å². The van der Waals surface area contributed by atoms with Gasteiger partial charge in [-0.25, -0.2) is 13.2 Å². The molecule has 5 heteroatoms. The standard InChI is InChI=1S/C6H5F3N2/c7-1-5-2-10-11(3-5)4-6(8)9/h6H,1,4H2. The van der Waals surface area contributed by atoms with Crippen molar-refractivity contribution in [2.24, 2.45) is 0 Å². The first kappa shape index (κ1) is 8.10. The van der Waals surface area contributed by atoms with Crippen LogP contribution in [0.2, 0.25) is 0 Å². The van der Waals surface area contributed by atoms with Crippen molar-refractivity contribution in [2.45, 2.75) is 19.6 Å². The van der Waals surface area contributed by atoms with E-state index in [1.54, 1.807) is 0 Å². The Morgan fingerprint density at radius 1 is 1.55 bits per heavy atom. The summed E-state index contributed by atoms with van der Waals surface area (Å²) in [5, 5.41) is 3.34. The Morgan fingerprint density at radius 2 is 2.27 bits per heavy atom. The van der Waals surface area contributed by atoms with E-state index in [-0.39, 0.29) is 5.56 Å². The molecule has 1 heterocycles. The lowest BCUT2D eigenvalue weighted by Crippen LogP contribution is -2.06. The lowest BCUT2D eigenvalue weighted by atomic mass is 10.4. The zero-order chi connectivity index (χ0) is 8.27. The smallest absolute Gasteiger partial charge is 0.256 e. The van der Waals surface area contributed by atoms with Crippen LogP contribution in [0.25, 0.3) is 0 Å². The van der Waals surface area contributed by atoms with Crippen molar-refractivity contribution in [3.8, 4) is 0 Å². The van der Waals surface area contributed by atoms with Gasteiger partial charge in [-0.2, -0.15) is 5.10 Å². The molecule has 0 saturated heterocycles. The molecule has 1 aromatic rings. The Balaban J connectivity index is 2.58. The minimum absolute atomic E-state index is 0.0747. The molecular formula is C6H5F3N2. The highest BCUT2D eigenvalue weighted by Gasteiger charge is 2.05. The monoisotopic (exact) mass is 162 g/mol. The zero-order valence-corrected chi connectivity index (χ0v) is 5.52. The zero-order valence-electron chi connectivity index (χ0n) is 5.52. The summed E-state index contributed by atoms with van der Waals surface area (Å²) in [4.78, 5) is 0. The molecule has 1 rings (SSSR count). The molecule has 1 aromatic heterocycles. The normalized spacial score (nSPS) is 10.9. The minimum atomic E-state index is -2.49. The molecule has 0 atom stereocenters. The number of alkyl halides is 3. The maximum atomic E-state index is 11.8. The molecule has 0 aliphatic heterocycles. The van der Waals surface area contributed by atoms with E-state index >= 15 is 0 Å². The van der Waals surface area contributed by atoms with E-state index in [0.29, 0.717) is 0 Å². The quantitative estimate of drug-likeness (QED) is 0.653. The second-order valence-corrected chi connectivity index (χ2v) is 1.91. The second-order valence-electron chi connectivity index (χ2n) is 1.91. The van der Waals surface area contributed by atoms with Gasteiger partial charge in [-0.3, -0.25) is 4.68 Å². The van der Waals surface area contributed by atoms with Gasteiger partial charge in [-0.05, 0) is 0 Å². The topological polar surface area (TPSA) is 17.8 Å². The van der Waals surface area contributed by atoms with Gasteiger partial charge in [0.2, 0.25) is 0 Å². The van der Waals surface area contributed by atoms with E-state index in [0.717, 1.165) is 4.68 Å². The van der Waals surface area contributed by atoms with Gasteiger partial charge in [0, 0.05) is 5.56 Å². The van der Waals surface area contributed by atoms with Crippen LogP contribution in [0, 0.1) is 12.4 Å². The van der Waals surface area contributed by atoms with Crippen molar-refractivity contribution >= 4 is 0 Å². The highest BCUT2D eigenvalue weighted by Crippen LogP contribution is 2.00. The van der Waals surface area contributed by atoms with Gasteiger partial charge < -0.3 is 0 Å². The van der Waals surface area contributed by atoms with Gasteiger partial charge >= 0.3 is 0 Å². The summed E-state index contributed by atoms with van der Waals surface area (Å²) < 4.78 is 35.9. The Bertz CT molecular complexity index is 221. The molecule has 0 N–H and O–H groups in total. The maximum Gasteiger partial charge on any atom is 0.257 e. The number of hydrogen-bond donors (Lipinski definition) is 0. The van der Waals surface area contributed by atoms with Gasteiger partial charge in [-0.1, -0.05) is 0 Å². The van der Waals surface area contributed by atoms with Crippen molar-refractivity contribution < 1.29 is 13.2 Å². The van der Waals surface area contributed by atoms with Crippen molar-refractivity contribution in [1.82, 2.24) is 9.78 Å². The third kappa shape index (κ3) is 2.25. The summed E-state index contributed by atoms with van der Waals surface area (Å²) in [5.41, 5.74) is 0.0747. The van der Waals surface area contributed by atoms with Gasteiger partial charge in [0.15, 0.2) is 0 Å². The predicted molar refractivity (Wildman–Crippen MR) is 30.7 cm³/mol. The average Bonchev–Trinajstić information content (AvgIpc) is 2.34. The molecule has 2 nitrogen and oxygen atoms in total. The summed E-state index contributed by atoms with van der Waals surface area (Å²) >= 11 is 0. The molecule has 0 aliphatic carbocycles. The summed E-state index contributed by atoms with van der Waals surface area (Å²) in [7, 11) is 0. The van der Waals surface area contributed by atoms with E-state index in [9.17, 15) is 13.2 Å². The fraction of sp³-hybridized carbons (Fsp3) is 0.500. The molecule has 2 radical (unpaired) electrons. The third-order valence-corrected chi connectivity index (χ3v) is 1.01. The summed E-state index contributed by atoms with van der Waals surface area (Å²) in [5.74, 6) is 0. The van der Waals surface area contributed by atoms with Crippen LogP contribution < -0.4 is 0 Å². The van der Waals surface area contributed by atoms with Crippen LogP contribution in [0.3, 0.4) is 0 Å². The molecule has 60 valence electrons. The Kier molecular flexibility index (Phi) is 2.51. The number of rotatable bonds is 3. The molecular weight excluding hydrogens is 157 g/mol. The molecule has 0 bridgehead atoms. The number of nitrogens with zero attached hydrogens (tertiary/aromatic N) is 2. The Morgan fingerprint density at radius 3 is 2.73 bits per heavy atom. The van der Waals surface area contributed by atoms with Crippen molar-refractivity contribution in [3.05, 3.63) is 18.0 Å². The molecule has 0 unspecified atom stereocenters. The molecule has 0 saturated carbocycles. The fourth-order valence-electron chi connectivity index (χ4n) is 0.603. The van der Waals surface area contributed by atoms with E-state index in [1.165, 1.54) is 0 Å². The lowest BCUT2D eigenvalue weighted by molar-refractivity contribution is 0.121. The predicted octanol–water partition coefficient (Wildman–Crippen LogP) is 1.22. The average molecular weight is 162 g/mol. The van der Waals surface area contributed by atoms with Crippen LogP contribution in [-0.2, 0) is 13.2 Å². The largest absolute Gasteiger partial charge is 0.257 e. The molecule has 0 amide bonds. The van der Waals surface area contributed by atoms with Crippen LogP contribution >= 0.6 is 0 Å². The Labute approximate surface area is 61.6 Å². The van der Waals surface area contributed by atoms with Crippen LogP contribution in [0.15, 0.2) is 0 Å². The first-order valence-corrected chi connectivity index (χ1v) is 2.93.